The second-order valence-electron chi connectivity index (χ2n) is 2.33. The largest absolute Gasteiger partial charge is 0.330 e. The van der Waals surface area contributed by atoms with Crippen LogP contribution < -0.4 is 0 Å². The molecule has 0 amide bonds. The van der Waals surface area contributed by atoms with E-state index in [2.05, 4.69) is 19.9 Å². The SMILES string of the molecule is CSc1ncc2c(=S)nc[nH]c2n1. The molecule has 0 fully saturated rings. The lowest BCUT2D eigenvalue weighted by Gasteiger charge is -1.97. The smallest absolute Gasteiger partial charge is 0.189 e. The van der Waals surface area contributed by atoms with Crippen molar-refractivity contribution in [3.8, 4) is 0 Å². The van der Waals surface area contributed by atoms with E-state index >= 15 is 0 Å². The molecule has 2 heterocycles. The predicted molar refractivity (Wildman–Crippen MR) is 54.3 cm³/mol. The van der Waals surface area contributed by atoms with Crippen molar-refractivity contribution in [3.63, 3.8) is 0 Å². The molecule has 0 aromatic carbocycles. The molecule has 1 N–H and O–H groups in total. The first kappa shape index (κ1) is 8.58. The third-order valence-corrected chi connectivity index (χ3v) is 2.45. The number of H-pyrrole nitrogens is 1. The molecule has 4 nitrogen and oxygen atoms in total. The molecule has 0 aliphatic heterocycles. The van der Waals surface area contributed by atoms with Crippen LogP contribution in [-0.4, -0.2) is 26.2 Å². The molecule has 0 aliphatic rings. The molecule has 13 heavy (non-hydrogen) atoms. The van der Waals surface area contributed by atoms with Gasteiger partial charge in [-0.05, 0) is 6.26 Å². The lowest BCUT2D eigenvalue weighted by molar-refractivity contribution is 0.982. The van der Waals surface area contributed by atoms with Crippen molar-refractivity contribution in [3.05, 3.63) is 17.2 Å². The molecule has 0 spiro atoms. The van der Waals surface area contributed by atoms with E-state index in [1.54, 1.807) is 12.5 Å². The average molecular weight is 210 g/mol. The number of aromatic amines is 1. The minimum absolute atomic E-state index is 0.529. The van der Waals surface area contributed by atoms with E-state index in [9.17, 15) is 0 Å². The van der Waals surface area contributed by atoms with Crippen molar-refractivity contribution in [1.29, 1.82) is 0 Å². The highest BCUT2D eigenvalue weighted by Gasteiger charge is 1.99. The maximum absolute atomic E-state index is 5.02. The van der Waals surface area contributed by atoms with Crippen LogP contribution in [0.5, 0.6) is 0 Å². The van der Waals surface area contributed by atoms with Gasteiger partial charge in [-0.15, -0.1) is 0 Å². The van der Waals surface area contributed by atoms with Gasteiger partial charge in [-0.25, -0.2) is 15.0 Å². The molecule has 0 aliphatic carbocycles. The Morgan fingerprint density at radius 3 is 3.08 bits per heavy atom. The highest BCUT2D eigenvalue weighted by molar-refractivity contribution is 7.98. The summed E-state index contributed by atoms with van der Waals surface area (Å²) in [5, 5.41) is 1.51. The van der Waals surface area contributed by atoms with Crippen LogP contribution in [-0.2, 0) is 0 Å². The zero-order valence-electron chi connectivity index (χ0n) is 6.81. The summed E-state index contributed by atoms with van der Waals surface area (Å²) in [5.74, 6) is 0. The molecule has 0 saturated heterocycles. The summed E-state index contributed by atoms with van der Waals surface area (Å²) in [6.45, 7) is 0. The minimum Gasteiger partial charge on any atom is -0.330 e. The number of hydrogen-bond acceptors (Lipinski definition) is 5. The van der Waals surface area contributed by atoms with Crippen molar-refractivity contribution < 1.29 is 0 Å². The van der Waals surface area contributed by atoms with Crippen LogP contribution >= 0.6 is 24.0 Å². The lowest BCUT2D eigenvalue weighted by atomic mass is 10.4. The third-order valence-electron chi connectivity index (χ3n) is 1.56. The van der Waals surface area contributed by atoms with Crippen molar-refractivity contribution in [1.82, 2.24) is 19.9 Å². The number of rotatable bonds is 1. The summed E-state index contributed by atoms with van der Waals surface area (Å²) >= 11 is 6.51. The molecule has 0 atom stereocenters. The first-order valence-corrected chi connectivity index (χ1v) is 5.19. The van der Waals surface area contributed by atoms with Gasteiger partial charge in [0.2, 0.25) is 0 Å². The van der Waals surface area contributed by atoms with E-state index in [1.165, 1.54) is 11.8 Å². The standard InChI is InChI=1S/C7H6N4S2/c1-13-7-8-2-4-5(11-7)9-3-10-6(4)12/h2-3H,1H3,(H,8,9,10,11,12). The number of hydrogen-bond donors (Lipinski definition) is 1. The molecule has 2 aromatic heterocycles. The fraction of sp³-hybridized carbons (Fsp3) is 0.143. The Morgan fingerprint density at radius 1 is 1.46 bits per heavy atom. The van der Waals surface area contributed by atoms with Crippen molar-refractivity contribution >= 4 is 35.0 Å². The van der Waals surface area contributed by atoms with Gasteiger partial charge in [-0.3, -0.25) is 0 Å². The Bertz CT molecular complexity index is 493. The maximum Gasteiger partial charge on any atom is 0.189 e. The molecule has 2 rings (SSSR count). The Labute approximate surface area is 83.8 Å². The van der Waals surface area contributed by atoms with Gasteiger partial charge in [-0.1, -0.05) is 24.0 Å². The Morgan fingerprint density at radius 2 is 2.31 bits per heavy atom. The van der Waals surface area contributed by atoms with Gasteiger partial charge in [0, 0.05) is 6.20 Å². The summed E-state index contributed by atoms with van der Waals surface area (Å²) in [6.07, 6.45) is 5.17. The molecule has 0 radical (unpaired) electrons. The number of aromatic nitrogens is 4. The van der Waals surface area contributed by atoms with E-state index in [0.29, 0.717) is 4.64 Å². The second-order valence-corrected chi connectivity index (χ2v) is 3.49. The van der Waals surface area contributed by atoms with Crippen molar-refractivity contribution in [2.24, 2.45) is 0 Å². The summed E-state index contributed by atoms with van der Waals surface area (Å²) in [6, 6.07) is 0. The average Bonchev–Trinajstić information content (AvgIpc) is 2.18. The summed E-state index contributed by atoms with van der Waals surface area (Å²) in [4.78, 5) is 15.2. The maximum atomic E-state index is 5.02. The highest BCUT2D eigenvalue weighted by atomic mass is 32.2. The molecule has 2 aromatic rings. The van der Waals surface area contributed by atoms with Gasteiger partial charge in [0.15, 0.2) is 5.16 Å². The van der Waals surface area contributed by atoms with Crippen molar-refractivity contribution in [2.45, 2.75) is 5.16 Å². The van der Waals surface area contributed by atoms with Crippen LogP contribution in [0, 0.1) is 4.64 Å². The minimum atomic E-state index is 0.529. The van der Waals surface area contributed by atoms with Crippen molar-refractivity contribution in [2.75, 3.05) is 6.26 Å². The monoisotopic (exact) mass is 210 g/mol. The first-order chi connectivity index (χ1) is 6.31. The topological polar surface area (TPSA) is 54.5 Å². The fourth-order valence-electron chi connectivity index (χ4n) is 0.952. The number of nitrogens with one attached hydrogen (secondary N) is 1. The van der Waals surface area contributed by atoms with Crippen LogP contribution in [0.1, 0.15) is 0 Å². The molecular weight excluding hydrogens is 204 g/mol. The Kier molecular flexibility index (Phi) is 2.24. The molecule has 66 valence electrons. The van der Waals surface area contributed by atoms with E-state index in [0.717, 1.165) is 16.2 Å². The predicted octanol–water partition coefficient (Wildman–Crippen LogP) is 1.80. The normalized spacial score (nSPS) is 10.5. The fourth-order valence-corrected chi connectivity index (χ4v) is 1.49. The van der Waals surface area contributed by atoms with Gasteiger partial charge in [0.1, 0.15) is 10.3 Å². The molecule has 0 saturated carbocycles. The van der Waals surface area contributed by atoms with Gasteiger partial charge >= 0.3 is 0 Å². The molecule has 6 heteroatoms. The molecule has 0 bridgehead atoms. The van der Waals surface area contributed by atoms with E-state index in [4.69, 9.17) is 12.2 Å². The number of fused-ring (bicyclic) bond motifs is 1. The van der Waals surface area contributed by atoms with E-state index in [-0.39, 0.29) is 0 Å². The molecular formula is C7H6N4S2. The van der Waals surface area contributed by atoms with Gasteiger partial charge in [0.05, 0.1) is 11.7 Å². The number of nitrogens with zero attached hydrogens (tertiary/aromatic N) is 3. The lowest BCUT2D eigenvalue weighted by Crippen LogP contribution is -1.91. The van der Waals surface area contributed by atoms with Crippen LogP contribution in [0.2, 0.25) is 0 Å². The van der Waals surface area contributed by atoms with Crippen LogP contribution in [0.15, 0.2) is 17.7 Å². The van der Waals surface area contributed by atoms with E-state index in [1.807, 2.05) is 6.26 Å². The summed E-state index contributed by atoms with van der Waals surface area (Å²) < 4.78 is 0.529. The van der Waals surface area contributed by atoms with Gasteiger partial charge < -0.3 is 4.98 Å². The summed E-state index contributed by atoms with van der Waals surface area (Å²) in [7, 11) is 0. The quantitative estimate of drug-likeness (QED) is 0.442. The van der Waals surface area contributed by atoms with Crippen LogP contribution in [0.4, 0.5) is 0 Å². The van der Waals surface area contributed by atoms with Crippen LogP contribution in [0.25, 0.3) is 11.0 Å². The molecule has 0 unspecified atom stereocenters. The second kappa shape index (κ2) is 3.39. The Hall–Kier alpha value is -1.01. The van der Waals surface area contributed by atoms with Gasteiger partial charge in [0.25, 0.3) is 0 Å². The Balaban J connectivity index is 2.80. The zero-order chi connectivity index (χ0) is 9.26. The third kappa shape index (κ3) is 1.54. The van der Waals surface area contributed by atoms with Crippen LogP contribution in [0.3, 0.4) is 0 Å². The first-order valence-electron chi connectivity index (χ1n) is 3.55. The number of thioether (sulfide) groups is 1. The van der Waals surface area contributed by atoms with Gasteiger partial charge in [-0.2, -0.15) is 0 Å². The van der Waals surface area contributed by atoms with E-state index < -0.39 is 0 Å². The summed E-state index contributed by atoms with van der Waals surface area (Å²) in [5.41, 5.74) is 0.736. The highest BCUT2D eigenvalue weighted by Crippen LogP contribution is 2.12. The zero-order valence-corrected chi connectivity index (χ0v) is 8.45.